The molecule has 4 nitrogen and oxygen atoms in total. The van der Waals surface area contributed by atoms with E-state index in [9.17, 15) is 4.79 Å². The molecule has 0 bridgehead atoms. The highest BCUT2D eigenvalue weighted by Crippen LogP contribution is 2.36. The van der Waals surface area contributed by atoms with Gasteiger partial charge in [0, 0.05) is 16.9 Å². The second kappa shape index (κ2) is 8.45. The van der Waals surface area contributed by atoms with Gasteiger partial charge in [-0.15, -0.1) is 0 Å². The van der Waals surface area contributed by atoms with Crippen LogP contribution in [0.2, 0.25) is 0 Å². The molecule has 2 unspecified atom stereocenters. The van der Waals surface area contributed by atoms with Gasteiger partial charge < -0.3 is 14.2 Å². The maximum absolute atomic E-state index is 12.0. The molecule has 0 aromatic heterocycles. The summed E-state index contributed by atoms with van der Waals surface area (Å²) in [5, 5.41) is 0.533. The Morgan fingerprint density at radius 2 is 2.29 bits per heavy atom. The van der Waals surface area contributed by atoms with E-state index < -0.39 is 0 Å². The monoisotopic (exact) mass is 384 g/mol. The normalized spacial score (nSPS) is 20.2. The molecule has 2 aliphatic heterocycles. The molecule has 0 N–H and O–H groups in total. The summed E-state index contributed by atoms with van der Waals surface area (Å²) in [6.45, 7) is 2.77. The van der Waals surface area contributed by atoms with Gasteiger partial charge in [0.05, 0.1) is 6.61 Å². The number of thioether (sulfide) groups is 2. The molecule has 1 aromatic rings. The summed E-state index contributed by atoms with van der Waals surface area (Å²) in [5.41, 5.74) is 1.16. The first kappa shape index (κ1) is 17.9. The van der Waals surface area contributed by atoms with E-state index in [2.05, 4.69) is 6.07 Å². The molecular formula is C17H20O4S3. The van der Waals surface area contributed by atoms with Gasteiger partial charge in [0.15, 0.2) is 16.6 Å². The van der Waals surface area contributed by atoms with Crippen molar-refractivity contribution in [2.45, 2.75) is 31.4 Å². The molecule has 0 saturated carbocycles. The minimum absolute atomic E-state index is 0.130. The van der Waals surface area contributed by atoms with Crippen molar-refractivity contribution in [3.8, 4) is 11.5 Å². The third kappa shape index (κ3) is 4.58. The van der Waals surface area contributed by atoms with Gasteiger partial charge in [-0.25, -0.2) is 0 Å². The quantitative estimate of drug-likeness (QED) is 0.686. The second-order valence-corrected chi connectivity index (χ2v) is 8.71. The van der Waals surface area contributed by atoms with Crippen LogP contribution in [0.3, 0.4) is 0 Å². The highest BCUT2D eigenvalue weighted by Gasteiger charge is 2.29. The van der Waals surface area contributed by atoms with Crippen molar-refractivity contribution >= 4 is 45.2 Å². The van der Waals surface area contributed by atoms with Crippen molar-refractivity contribution in [3.05, 3.63) is 23.8 Å². The van der Waals surface area contributed by atoms with Gasteiger partial charge in [-0.2, -0.15) is 0 Å². The number of hydrogen-bond acceptors (Lipinski definition) is 7. The molecule has 130 valence electrons. The third-order valence-corrected chi connectivity index (χ3v) is 6.48. The summed E-state index contributed by atoms with van der Waals surface area (Å²) in [7, 11) is 0. The number of carbonyl (C=O) groups excluding carboxylic acids is 1. The van der Waals surface area contributed by atoms with Crippen LogP contribution < -0.4 is 9.47 Å². The van der Waals surface area contributed by atoms with Gasteiger partial charge in [0.2, 0.25) is 11.2 Å². The van der Waals surface area contributed by atoms with Gasteiger partial charge >= 0.3 is 0 Å². The highest BCUT2D eigenvalue weighted by molar-refractivity contribution is 8.23. The molecule has 1 fully saturated rings. The van der Waals surface area contributed by atoms with Crippen molar-refractivity contribution in [2.75, 3.05) is 19.2 Å². The number of rotatable bonds is 6. The maximum atomic E-state index is 12.0. The number of ether oxygens (including phenoxy) is 3. The van der Waals surface area contributed by atoms with E-state index in [0.29, 0.717) is 16.1 Å². The van der Waals surface area contributed by atoms with Crippen LogP contribution in [0.4, 0.5) is 0 Å². The molecule has 0 spiro atoms. The molecule has 0 radical (unpaired) electrons. The van der Waals surface area contributed by atoms with E-state index in [1.54, 1.807) is 11.8 Å². The Bertz CT molecular complexity index is 620. The maximum Gasteiger partial charge on any atom is 0.231 e. The van der Waals surface area contributed by atoms with Crippen molar-refractivity contribution in [1.82, 2.24) is 0 Å². The summed E-state index contributed by atoms with van der Waals surface area (Å²) in [4.78, 5) is 12.0. The highest BCUT2D eigenvalue weighted by atomic mass is 32.2. The zero-order valence-corrected chi connectivity index (χ0v) is 15.9. The molecule has 1 saturated heterocycles. The Kier molecular flexibility index (Phi) is 6.30. The summed E-state index contributed by atoms with van der Waals surface area (Å²) in [6.07, 6.45) is 2.62. The van der Waals surface area contributed by atoms with Crippen LogP contribution in [0.1, 0.15) is 25.3 Å². The SMILES string of the molecule is CCOC(=S)SC(Cc1ccc2c(c1)OCO2)CC1CCSC1=O. The lowest BCUT2D eigenvalue weighted by Gasteiger charge is -2.19. The Labute approximate surface area is 156 Å². The van der Waals surface area contributed by atoms with Crippen molar-refractivity contribution in [2.24, 2.45) is 5.92 Å². The van der Waals surface area contributed by atoms with Gasteiger partial charge in [-0.1, -0.05) is 29.6 Å². The number of benzene rings is 1. The van der Waals surface area contributed by atoms with Crippen LogP contribution in [0, 0.1) is 5.92 Å². The number of hydrogen-bond donors (Lipinski definition) is 0. The molecule has 0 amide bonds. The predicted octanol–water partition coefficient (Wildman–Crippen LogP) is 4.05. The van der Waals surface area contributed by atoms with Crippen molar-refractivity contribution < 1.29 is 19.0 Å². The molecule has 2 atom stereocenters. The van der Waals surface area contributed by atoms with E-state index in [1.165, 1.54) is 11.8 Å². The summed E-state index contributed by atoms with van der Waals surface area (Å²) in [6, 6.07) is 6.01. The average Bonchev–Trinajstić information content (AvgIpc) is 3.16. The van der Waals surface area contributed by atoms with E-state index in [1.807, 2.05) is 19.1 Å². The van der Waals surface area contributed by atoms with Crippen LogP contribution in [0.15, 0.2) is 18.2 Å². The first-order chi connectivity index (χ1) is 11.7. The number of thiocarbonyl (C=S) groups is 1. The average molecular weight is 385 g/mol. The zero-order valence-electron chi connectivity index (χ0n) is 13.5. The lowest BCUT2D eigenvalue weighted by Crippen LogP contribution is -2.18. The van der Waals surface area contributed by atoms with Gasteiger partial charge in [-0.3, -0.25) is 4.79 Å². The Hall–Kier alpha value is -0.920. The molecule has 7 heteroatoms. The second-order valence-electron chi connectivity index (χ2n) is 5.70. The summed E-state index contributed by atoms with van der Waals surface area (Å²) >= 11 is 8.31. The lowest BCUT2D eigenvalue weighted by atomic mass is 9.98. The van der Waals surface area contributed by atoms with Crippen LogP contribution >= 0.6 is 35.7 Å². The number of fused-ring (bicyclic) bond motifs is 1. The Morgan fingerprint density at radius 3 is 3.04 bits per heavy atom. The van der Waals surface area contributed by atoms with Crippen molar-refractivity contribution in [1.29, 1.82) is 0 Å². The Morgan fingerprint density at radius 1 is 1.46 bits per heavy atom. The summed E-state index contributed by atoms with van der Waals surface area (Å²) < 4.78 is 16.8. The van der Waals surface area contributed by atoms with E-state index in [0.717, 1.165) is 42.1 Å². The zero-order chi connectivity index (χ0) is 16.9. The molecule has 2 heterocycles. The minimum atomic E-state index is 0.130. The fourth-order valence-corrected chi connectivity index (χ4v) is 5.50. The lowest BCUT2D eigenvalue weighted by molar-refractivity contribution is -0.114. The fourth-order valence-electron chi connectivity index (χ4n) is 2.86. The molecule has 0 aliphatic carbocycles. The van der Waals surface area contributed by atoms with Crippen LogP contribution in [0.25, 0.3) is 0 Å². The van der Waals surface area contributed by atoms with Crippen LogP contribution in [-0.2, 0) is 16.0 Å². The minimum Gasteiger partial charge on any atom is -0.479 e. The van der Waals surface area contributed by atoms with E-state index >= 15 is 0 Å². The molecule has 3 rings (SSSR count). The first-order valence-corrected chi connectivity index (χ1v) is 10.3. The molecule has 2 aliphatic rings. The number of carbonyl (C=O) groups is 1. The van der Waals surface area contributed by atoms with E-state index in [-0.39, 0.29) is 18.0 Å². The largest absolute Gasteiger partial charge is 0.479 e. The van der Waals surface area contributed by atoms with Gasteiger partial charge in [-0.05, 0) is 56.1 Å². The standard InChI is InChI=1S/C17H20O4S3/c1-2-19-17(22)24-13(9-12-5-6-23-16(12)18)7-11-3-4-14-15(8-11)21-10-20-14/h3-4,8,12-13H,2,5-7,9-10H2,1H3. The first-order valence-electron chi connectivity index (χ1n) is 8.04. The van der Waals surface area contributed by atoms with Crippen molar-refractivity contribution in [3.63, 3.8) is 0 Å². The topological polar surface area (TPSA) is 44.8 Å². The van der Waals surface area contributed by atoms with Crippen LogP contribution in [-0.4, -0.2) is 33.9 Å². The van der Waals surface area contributed by atoms with Gasteiger partial charge in [0.1, 0.15) is 0 Å². The predicted molar refractivity (Wildman–Crippen MR) is 102 cm³/mol. The fraction of sp³-hybridized carbons (Fsp3) is 0.529. The summed E-state index contributed by atoms with van der Waals surface area (Å²) in [5.74, 6) is 2.64. The molecular weight excluding hydrogens is 364 g/mol. The van der Waals surface area contributed by atoms with Crippen LogP contribution in [0.5, 0.6) is 11.5 Å². The Balaban J connectivity index is 1.68. The molecule has 1 aromatic carbocycles. The van der Waals surface area contributed by atoms with Gasteiger partial charge in [0.25, 0.3) is 0 Å². The molecule has 24 heavy (non-hydrogen) atoms. The third-order valence-electron chi connectivity index (χ3n) is 4.02. The van der Waals surface area contributed by atoms with E-state index in [4.69, 9.17) is 26.4 Å². The smallest absolute Gasteiger partial charge is 0.231 e.